The van der Waals surface area contributed by atoms with Crippen molar-refractivity contribution in [1.29, 1.82) is 0 Å². The van der Waals surface area contributed by atoms with Crippen LogP contribution in [0.15, 0.2) is 36.4 Å². The third-order valence-electron chi connectivity index (χ3n) is 3.02. The monoisotopic (exact) mass is 272 g/mol. The van der Waals surface area contributed by atoms with Crippen LogP contribution >= 0.6 is 0 Å². The highest BCUT2D eigenvalue weighted by Gasteiger charge is 2.08. The summed E-state index contributed by atoms with van der Waals surface area (Å²) in [5, 5.41) is 5.49. The molecule has 0 aromatic heterocycles. The Bertz CT molecular complexity index is 612. The maximum atomic E-state index is 12.8. The molecule has 0 radical (unpaired) electrons. The number of aryl methyl sites for hydroxylation is 3. The topological polar surface area (TPSA) is 41.1 Å². The van der Waals surface area contributed by atoms with Gasteiger partial charge in [0.15, 0.2) is 0 Å². The van der Waals surface area contributed by atoms with Gasteiger partial charge >= 0.3 is 6.03 Å². The van der Waals surface area contributed by atoms with Crippen LogP contribution in [0.25, 0.3) is 0 Å². The van der Waals surface area contributed by atoms with Crippen molar-refractivity contribution in [2.45, 2.75) is 20.8 Å². The second-order valence-corrected chi connectivity index (χ2v) is 4.86. The Morgan fingerprint density at radius 2 is 1.50 bits per heavy atom. The molecule has 0 saturated heterocycles. The first kappa shape index (κ1) is 14.1. The average molecular weight is 272 g/mol. The molecule has 0 aliphatic rings. The molecule has 0 bridgehead atoms. The Balaban J connectivity index is 2.10. The van der Waals surface area contributed by atoms with Crippen molar-refractivity contribution in [2.75, 3.05) is 10.6 Å². The van der Waals surface area contributed by atoms with Crippen LogP contribution in [0.1, 0.15) is 16.7 Å². The lowest BCUT2D eigenvalue weighted by molar-refractivity contribution is 0.262. The fraction of sp³-hybridized carbons (Fsp3) is 0.188. The molecule has 0 heterocycles. The van der Waals surface area contributed by atoms with Crippen molar-refractivity contribution in [1.82, 2.24) is 0 Å². The number of hydrogen-bond donors (Lipinski definition) is 2. The van der Waals surface area contributed by atoms with E-state index in [4.69, 9.17) is 0 Å². The molecule has 3 nitrogen and oxygen atoms in total. The third-order valence-corrected chi connectivity index (χ3v) is 3.02. The van der Waals surface area contributed by atoms with Gasteiger partial charge in [-0.05, 0) is 56.2 Å². The number of carbonyl (C=O) groups is 1. The lowest BCUT2D eigenvalue weighted by Crippen LogP contribution is -2.20. The van der Waals surface area contributed by atoms with E-state index in [1.807, 2.05) is 32.9 Å². The second kappa shape index (κ2) is 5.74. The van der Waals surface area contributed by atoms with Crippen LogP contribution in [0.5, 0.6) is 0 Å². The van der Waals surface area contributed by atoms with E-state index in [0.717, 1.165) is 22.4 Å². The number of benzene rings is 2. The predicted molar refractivity (Wildman–Crippen MR) is 79.7 cm³/mol. The molecule has 2 aromatic carbocycles. The summed E-state index contributed by atoms with van der Waals surface area (Å²) in [5.41, 5.74) is 4.53. The molecular weight excluding hydrogens is 255 g/mol. The number of rotatable bonds is 2. The number of carbonyl (C=O) groups excluding carboxylic acids is 1. The molecule has 2 amide bonds. The van der Waals surface area contributed by atoms with E-state index in [1.165, 1.54) is 24.3 Å². The Morgan fingerprint density at radius 1 is 0.950 bits per heavy atom. The minimum atomic E-state index is -0.341. The summed E-state index contributed by atoms with van der Waals surface area (Å²) < 4.78 is 12.8. The number of nitrogens with one attached hydrogen (secondary N) is 2. The maximum absolute atomic E-state index is 12.8. The van der Waals surface area contributed by atoms with Crippen LogP contribution in [-0.2, 0) is 0 Å². The summed E-state index contributed by atoms with van der Waals surface area (Å²) in [6, 6.07) is 9.33. The predicted octanol–water partition coefficient (Wildman–Crippen LogP) is 4.39. The van der Waals surface area contributed by atoms with Gasteiger partial charge < -0.3 is 10.6 Å². The van der Waals surface area contributed by atoms with Gasteiger partial charge in [0.1, 0.15) is 5.82 Å². The fourth-order valence-electron chi connectivity index (χ4n) is 2.19. The van der Waals surface area contributed by atoms with Gasteiger partial charge in [0, 0.05) is 11.4 Å². The summed E-state index contributed by atoms with van der Waals surface area (Å²) in [6.07, 6.45) is 0. The molecule has 0 fully saturated rings. The average Bonchev–Trinajstić information content (AvgIpc) is 2.36. The van der Waals surface area contributed by atoms with Gasteiger partial charge in [-0.25, -0.2) is 9.18 Å². The lowest BCUT2D eigenvalue weighted by atomic mass is 10.1. The van der Waals surface area contributed by atoms with Crippen molar-refractivity contribution < 1.29 is 9.18 Å². The molecule has 0 aliphatic heterocycles. The Morgan fingerprint density at radius 3 is 2.05 bits per heavy atom. The molecule has 20 heavy (non-hydrogen) atoms. The molecule has 2 N–H and O–H groups in total. The van der Waals surface area contributed by atoms with E-state index < -0.39 is 0 Å². The molecule has 0 unspecified atom stereocenters. The minimum Gasteiger partial charge on any atom is -0.308 e. The number of anilines is 2. The van der Waals surface area contributed by atoms with Gasteiger partial charge in [0.2, 0.25) is 0 Å². The van der Waals surface area contributed by atoms with Crippen LogP contribution in [0, 0.1) is 26.6 Å². The van der Waals surface area contributed by atoms with Gasteiger partial charge in [0.25, 0.3) is 0 Å². The van der Waals surface area contributed by atoms with Crippen LogP contribution < -0.4 is 10.6 Å². The van der Waals surface area contributed by atoms with Gasteiger partial charge in [-0.15, -0.1) is 0 Å². The summed E-state index contributed by atoms with van der Waals surface area (Å²) >= 11 is 0. The second-order valence-electron chi connectivity index (χ2n) is 4.86. The van der Waals surface area contributed by atoms with Crippen molar-refractivity contribution in [3.8, 4) is 0 Å². The highest BCUT2D eigenvalue weighted by atomic mass is 19.1. The smallest absolute Gasteiger partial charge is 0.308 e. The maximum Gasteiger partial charge on any atom is 0.323 e. The van der Waals surface area contributed by atoms with Gasteiger partial charge in [-0.1, -0.05) is 17.7 Å². The third kappa shape index (κ3) is 3.35. The molecule has 2 aromatic rings. The first-order valence-electron chi connectivity index (χ1n) is 6.37. The molecule has 4 heteroatoms. The van der Waals surface area contributed by atoms with Crippen LogP contribution in [0.4, 0.5) is 20.6 Å². The first-order chi connectivity index (χ1) is 9.45. The van der Waals surface area contributed by atoms with Crippen LogP contribution in [0.2, 0.25) is 0 Å². The van der Waals surface area contributed by atoms with E-state index >= 15 is 0 Å². The van der Waals surface area contributed by atoms with E-state index in [0.29, 0.717) is 5.69 Å². The highest BCUT2D eigenvalue weighted by Crippen LogP contribution is 2.22. The van der Waals surface area contributed by atoms with Crippen LogP contribution in [0.3, 0.4) is 0 Å². The Hall–Kier alpha value is -2.36. The SMILES string of the molecule is Cc1cc(C)c(NC(=O)Nc2ccc(F)cc2)c(C)c1. The normalized spacial score (nSPS) is 10.2. The molecule has 0 aliphatic carbocycles. The number of halogens is 1. The van der Waals surface area contributed by atoms with Gasteiger partial charge in [-0.2, -0.15) is 0 Å². The number of hydrogen-bond acceptors (Lipinski definition) is 1. The molecule has 0 atom stereocenters. The zero-order valence-corrected chi connectivity index (χ0v) is 11.8. The lowest BCUT2D eigenvalue weighted by Gasteiger charge is -2.13. The summed E-state index contributed by atoms with van der Waals surface area (Å²) in [4.78, 5) is 11.9. The number of amides is 2. The Labute approximate surface area is 117 Å². The zero-order chi connectivity index (χ0) is 14.7. The quantitative estimate of drug-likeness (QED) is 0.836. The van der Waals surface area contributed by atoms with Crippen LogP contribution in [-0.4, -0.2) is 6.03 Å². The van der Waals surface area contributed by atoms with E-state index in [9.17, 15) is 9.18 Å². The molecular formula is C16H17FN2O. The van der Waals surface area contributed by atoms with E-state index in [1.54, 1.807) is 0 Å². The Kier molecular flexibility index (Phi) is 4.03. The first-order valence-corrected chi connectivity index (χ1v) is 6.37. The van der Waals surface area contributed by atoms with Gasteiger partial charge in [0.05, 0.1) is 0 Å². The standard InChI is InChI=1S/C16H17FN2O/c1-10-8-11(2)15(12(3)9-10)19-16(20)18-14-6-4-13(17)5-7-14/h4-9H,1-3H3,(H2,18,19,20). The van der Waals surface area contributed by atoms with E-state index in [2.05, 4.69) is 10.6 Å². The molecule has 2 rings (SSSR count). The minimum absolute atomic E-state index is 0.332. The van der Waals surface area contributed by atoms with Crippen molar-refractivity contribution in [3.05, 3.63) is 58.9 Å². The zero-order valence-electron chi connectivity index (χ0n) is 11.8. The van der Waals surface area contributed by atoms with Crippen molar-refractivity contribution in [2.24, 2.45) is 0 Å². The molecule has 0 spiro atoms. The van der Waals surface area contributed by atoms with Crippen molar-refractivity contribution >= 4 is 17.4 Å². The highest BCUT2D eigenvalue weighted by molar-refractivity contribution is 6.00. The largest absolute Gasteiger partial charge is 0.323 e. The molecule has 104 valence electrons. The van der Waals surface area contributed by atoms with E-state index in [-0.39, 0.29) is 11.8 Å². The van der Waals surface area contributed by atoms with Gasteiger partial charge in [-0.3, -0.25) is 0 Å². The number of urea groups is 1. The molecule has 0 saturated carbocycles. The fourth-order valence-corrected chi connectivity index (χ4v) is 2.19. The summed E-state index contributed by atoms with van der Waals surface area (Å²) in [5.74, 6) is -0.332. The summed E-state index contributed by atoms with van der Waals surface area (Å²) in [7, 11) is 0. The summed E-state index contributed by atoms with van der Waals surface area (Å²) in [6.45, 7) is 5.92. The van der Waals surface area contributed by atoms with Crippen molar-refractivity contribution in [3.63, 3.8) is 0 Å².